The second-order valence-corrected chi connectivity index (χ2v) is 5.93. The first kappa shape index (κ1) is 18.2. The Kier molecular flexibility index (Phi) is 7.39. The molecule has 0 saturated heterocycles. The van der Waals surface area contributed by atoms with Crippen LogP contribution in [-0.2, 0) is 12.7 Å². The molecule has 0 spiro atoms. The number of halogens is 3. The van der Waals surface area contributed by atoms with E-state index < -0.39 is 11.7 Å². The SMILES string of the molecule is CCCNCc1ccc(N(C)CCSC)c(C(F)(F)F)c1. The smallest absolute Gasteiger partial charge is 0.373 e. The maximum Gasteiger partial charge on any atom is 0.418 e. The summed E-state index contributed by atoms with van der Waals surface area (Å²) in [6.45, 7) is 3.89. The molecule has 120 valence electrons. The summed E-state index contributed by atoms with van der Waals surface area (Å²) in [7, 11) is 1.70. The van der Waals surface area contributed by atoms with Gasteiger partial charge in [-0.3, -0.25) is 0 Å². The summed E-state index contributed by atoms with van der Waals surface area (Å²) >= 11 is 1.62. The first-order chi connectivity index (χ1) is 9.90. The second kappa shape index (κ2) is 8.54. The van der Waals surface area contributed by atoms with Crippen LogP contribution >= 0.6 is 11.8 Å². The van der Waals surface area contributed by atoms with E-state index in [4.69, 9.17) is 0 Å². The van der Waals surface area contributed by atoms with Crippen LogP contribution in [0.5, 0.6) is 0 Å². The normalized spacial score (nSPS) is 11.7. The molecule has 0 aliphatic rings. The number of nitrogens with zero attached hydrogens (tertiary/aromatic N) is 1. The molecule has 0 heterocycles. The van der Waals surface area contributed by atoms with Gasteiger partial charge in [0.2, 0.25) is 0 Å². The number of thioether (sulfide) groups is 1. The Morgan fingerprint density at radius 1 is 1.29 bits per heavy atom. The van der Waals surface area contributed by atoms with Crippen LogP contribution in [0.25, 0.3) is 0 Å². The van der Waals surface area contributed by atoms with Crippen molar-refractivity contribution in [2.24, 2.45) is 0 Å². The van der Waals surface area contributed by atoms with Crippen molar-refractivity contribution in [2.75, 3.05) is 37.0 Å². The first-order valence-electron chi connectivity index (χ1n) is 7.01. The number of hydrogen-bond acceptors (Lipinski definition) is 3. The maximum atomic E-state index is 13.2. The van der Waals surface area contributed by atoms with Gasteiger partial charge in [-0.2, -0.15) is 24.9 Å². The van der Waals surface area contributed by atoms with Crippen molar-refractivity contribution < 1.29 is 13.2 Å². The van der Waals surface area contributed by atoms with Crippen LogP contribution in [0.4, 0.5) is 18.9 Å². The monoisotopic (exact) mass is 320 g/mol. The summed E-state index contributed by atoms with van der Waals surface area (Å²) in [6.07, 6.45) is -1.42. The lowest BCUT2D eigenvalue weighted by molar-refractivity contribution is -0.137. The Morgan fingerprint density at radius 2 is 2.00 bits per heavy atom. The van der Waals surface area contributed by atoms with Crippen LogP contribution in [0.2, 0.25) is 0 Å². The fraction of sp³-hybridized carbons (Fsp3) is 0.600. The summed E-state index contributed by atoms with van der Waals surface area (Å²) in [4.78, 5) is 1.67. The topological polar surface area (TPSA) is 15.3 Å². The van der Waals surface area contributed by atoms with Gasteiger partial charge in [0.1, 0.15) is 0 Å². The van der Waals surface area contributed by atoms with E-state index in [1.807, 2.05) is 13.2 Å². The van der Waals surface area contributed by atoms with Crippen molar-refractivity contribution in [1.82, 2.24) is 5.32 Å². The predicted octanol–water partition coefficient (Wildman–Crippen LogP) is 4.00. The molecule has 0 atom stereocenters. The quantitative estimate of drug-likeness (QED) is 0.729. The fourth-order valence-electron chi connectivity index (χ4n) is 2.01. The van der Waals surface area contributed by atoms with Crippen molar-refractivity contribution in [3.8, 4) is 0 Å². The number of nitrogens with one attached hydrogen (secondary N) is 1. The minimum absolute atomic E-state index is 0.246. The van der Waals surface area contributed by atoms with Crippen molar-refractivity contribution >= 4 is 17.4 Å². The van der Waals surface area contributed by atoms with Crippen LogP contribution in [0.15, 0.2) is 18.2 Å². The lowest BCUT2D eigenvalue weighted by atomic mass is 10.1. The van der Waals surface area contributed by atoms with E-state index in [1.165, 1.54) is 6.07 Å². The Hall–Kier alpha value is -0.880. The average Bonchev–Trinajstić information content (AvgIpc) is 2.44. The molecule has 1 N–H and O–H groups in total. The van der Waals surface area contributed by atoms with Gasteiger partial charge in [-0.05, 0) is 36.9 Å². The molecule has 1 aromatic rings. The zero-order valence-corrected chi connectivity index (χ0v) is 13.6. The van der Waals surface area contributed by atoms with Crippen molar-refractivity contribution in [3.63, 3.8) is 0 Å². The van der Waals surface area contributed by atoms with Gasteiger partial charge in [0.25, 0.3) is 0 Å². The van der Waals surface area contributed by atoms with Crippen LogP contribution in [0.1, 0.15) is 24.5 Å². The molecule has 1 rings (SSSR count). The molecule has 0 aliphatic carbocycles. The lowest BCUT2D eigenvalue weighted by Crippen LogP contribution is -2.24. The van der Waals surface area contributed by atoms with Crippen molar-refractivity contribution in [2.45, 2.75) is 26.1 Å². The first-order valence-corrected chi connectivity index (χ1v) is 8.40. The number of anilines is 1. The molecule has 0 amide bonds. The van der Waals surface area contributed by atoms with Crippen LogP contribution in [-0.4, -0.2) is 32.1 Å². The van der Waals surface area contributed by atoms with E-state index in [0.29, 0.717) is 18.7 Å². The van der Waals surface area contributed by atoms with E-state index >= 15 is 0 Å². The molecular formula is C15H23F3N2S. The van der Waals surface area contributed by atoms with Gasteiger partial charge in [-0.25, -0.2) is 0 Å². The Labute approximate surface area is 129 Å². The van der Waals surface area contributed by atoms with E-state index in [0.717, 1.165) is 18.7 Å². The molecule has 0 unspecified atom stereocenters. The predicted molar refractivity (Wildman–Crippen MR) is 85.1 cm³/mol. The van der Waals surface area contributed by atoms with Crippen molar-refractivity contribution in [3.05, 3.63) is 29.3 Å². The van der Waals surface area contributed by atoms with E-state index in [9.17, 15) is 13.2 Å². The number of benzene rings is 1. The highest BCUT2D eigenvalue weighted by atomic mass is 32.2. The third kappa shape index (κ3) is 5.79. The van der Waals surface area contributed by atoms with Gasteiger partial charge in [-0.1, -0.05) is 13.0 Å². The number of rotatable bonds is 8. The zero-order chi connectivity index (χ0) is 15.9. The van der Waals surface area contributed by atoms with E-state index in [2.05, 4.69) is 5.32 Å². The van der Waals surface area contributed by atoms with Crippen LogP contribution in [0, 0.1) is 0 Å². The van der Waals surface area contributed by atoms with E-state index in [-0.39, 0.29) is 5.69 Å². The summed E-state index contributed by atoms with van der Waals surface area (Å²) in [6, 6.07) is 4.60. The molecule has 6 heteroatoms. The van der Waals surface area contributed by atoms with Gasteiger partial charge in [0, 0.05) is 31.6 Å². The van der Waals surface area contributed by atoms with Crippen molar-refractivity contribution in [1.29, 1.82) is 0 Å². The molecule has 0 bridgehead atoms. The molecule has 0 aliphatic heterocycles. The van der Waals surface area contributed by atoms with Gasteiger partial charge in [0.15, 0.2) is 0 Å². The van der Waals surface area contributed by atoms with Crippen LogP contribution in [0.3, 0.4) is 0 Å². The molecular weight excluding hydrogens is 297 g/mol. The van der Waals surface area contributed by atoms with Crippen LogP contribution < -0.4 is 10.2 Å². The largest absolute Gasteiger partial charge is 0.418 e. The molecule has 0 saturated carbocycles. The highest BCUT2D eigenvalue weighted by molar-refractivity contribution is 7.98. The summed E-state index contributed by atoms with van der Waals surface area (Å²) in [5.41, 5.74) is 0.357. The Bertz CT molecular complexity index is 435. The lowest BCUT2D eigenvalue weighted by Gasteiger charge is -2.24. The standard InChI is InChI=1S/C15H23F3N2S/c1-4-7-19-11-12-5-6-14(20(2)8-9-21-3)13(10-12)15(16,17)18/h5-6,10,19H,4,7-9,11H2,1-3H3. The molecule has 0 fully saturated rings. The third-order valence-electron chi connectivity index (χ3n) is 3.16. The number of hydrogen-bond donors (Lipinski definition) is 1. The fourth-order valence-corrected chi connectivity index (χ4v) is 2.47. The number of alkyl halides is 3. The molecule has 21 heavy (non-hydrogen) atoms. The highest BCUT2D eigenvalue weighted by Crippen LogP contribution is 2.37. The maximum absolute atomic E-state index is 13.2. The van der Waals surface area contributed by atoms with Gasteiger partial charge in [-0.15, -0.1) is 0 Å². The Morgan fingerprint density at radius 3 is 2.57 bits per heavy atom. The zero-order valence-electron chi connectivity index (χ0n) is 12.8. The molecule has 1 aromatic carbocycles. The second-order valence-electron chi connectivity index (χ2n) is 4.94. The molecule has 0 aromatic heterocycles. The Balaban J connectivity index is 2.97. The molecule has 2 nitrogen and oxygen atoms in total. The third-order valence-corrected chi connectivity index (χ3v) is 3.76. The van der Waals surface area contributed by atoms with Gasteiger partial charge < -0.3 is 10.2 Å². The minimum atomic E-state index is -4.33. The average molecular weight is 320 g/mol. The minimum Gasteiger partial charge on any atom is -0.373 e. The molecule has 0 radical (unpaired) electrons. The highest BCUT2D eigenvalue weighted by Gasteiger charge is 2.34. The van der Waals surface area contributed by atoms with E-state index in [1.54, 1.807) is 35.8 Å². The summed E-state index contributed by atoms with van der Waals surface area (Å²) in [5, 5.41) is 3.13. The van der Waals surface area contributed by atoms with Gasteiger partial charge >= 0.3 is 6.18 Å². The summed E-state index contributed by atoms with van der Waals surface area (Å²) < 4.78 is 39.7. The summed E-state index contributed by atoms with van der Waals surface area (Å²) in [5.74, 6) is 0.799. The van der Waals surface area contributed by atoms with Gasteiger partial charge in [0.05, 0.1) is 5.56 Å².